The van der Waals surface area contributed by atoms with Crippen molar-refractivity contribution in [2.24, 2.45) is 0 Å². The molecule has 0 bridgehead atoms. The number of rotatable bonds is 4. The molecule has 0 amide bonds. The molecule has 21 heavy (non-hydrogen) atoms. The van der Waals surface area contributed by atoms with Gasteiger partial charge in [-0.05, 0) is 42.8 Å². The van der Waals surface area contributed by atoms with E-state index in [0.29, 0.717) is 5.02 Å². The van der Waals surface area contributed by atoms with E-state index in [4.69, 9.17) is 11.6 Å². The Morgan fingerprint density at radius 1 is 1.19 bits per heavy atom. The van der Waals surface area contributed by atoms with Crippen molar-refractivity contribution in [2.45, 2.75) is 13.0 Å². The van der Waals surface area contributed by atoms with Crippen LogP contribution in [0.15, 0.2) is 61.2 Å². The Morgan fingerprint density at radius 3 is 2.81 bits per heavy atom. The van der Waals surface area contributed by atoms with Gasteiger partial charge in [-0.1, -0.05) is 17.7 Å². The maximum absolute atomic E-state index is 6.13. The first-order valence-corrected chi connectivity index (χ1v) is 7.08. The fraction of sp³-hybridized carbons (Fsp3) is 0.125. The van der Waals surface area contributed by atoms with Crippen molar-refractivity contribution in [2.75, 3.05) is 5.32 Å². The van der Waals surface area contributed by atoms with Gasteiger partial charge in [0.15, 0.2) is 0 Å². The SMILES string of the molecule is CC(Nc1cc(Cl)ccc1-n1cccn1)c1cccnc1. The average molecular weight is 299 g/mol. The van der Waals surface area contributed by atoms with Crippen LogP contribution in [0.1, 0.15) is 18.5 Å². The van der Waals surface area contributed by atoms with E-state index in [1.165, 1.54) is 0 Å². The van der Waals surface area contributed by atoms with E-state index < -0.39 is 0 Å². The van der Waals surface area contributed by atoms with Crippen molar-refractivity contribution in [3.8, 4) is 5.69 Å². The lowest BCUT2D eigenvalue weighted by Crippen LogP contribution is -2.10. The van der Waals surface area contributed by atoms with Gasteiger partial charge in [-0.3, -0.25) is 4.98 Å². The molecule has 2 heterocycles. The highest BCUT2D eigenvalue weighted by Crippen LogP contribution is 2.27. The minimum absolute atomic E-state index is 0.117. The summed E-state index contributed by atoms with van der Waals surface area (Å²) >= 11 is 6.13. The van der Waals surface area contributed by atoms with Crippen LogP contribution in [0.5, 0.6) is 0 Å². The lowest BCUT2D eigenvalue weighted by atomic mass is 10.1. The summed E-state index contributed by atoms with van der Waals surface area (Å²) in [7, 11) is 0. The Balaban J connectivity index is 1.93. The highest BCUT2D eigenvalue weighted by molar-refractivity contribution is 6.31. The quantitative estimate of drug-likeness (QED) is 0.789. The second-order valence-corrected chi connectivity index (χ2v) is 5.20. The maximum Gasteiger partial charge on any atom is 0.0878 e. The van der Waals surface area contributed by atoms with E-state index >= 15 is 0 Å². The van der Waals surface area contributed by atoms with E-state index in [1.54, 1.807) is 12.4 Å². The molecular weight excluding hydrogens is 284 g/mol. The van der Waals surface area contributed by atoms with Crippen LogP contribution in [0.2, 0.25) is 5.02 Å². The van der Waals surface area contributed by atoms with Crippen LogP contribution >= 0.6 is 11.6 Å². The summed E-state index contributed by atoms with van der Waals surface area (Å²) in [6.45, 7) is 2.09. The molecule has 1 unspecified atom stereocenters. The zero-order valence-corrected chi connectivity index (χ0v) is 12.3. The fourth-order valence-electron chi connectivity index (χ4n) is 2.18. The highest BCUT2D eigenvalue weighted by atomic mass is 35.5. The Labute approximate surface area is 128 Å². The van der Waals surface area contributed by atoms with Gasteiger partial charge in [0, 0.05) is 29.8 Å². The summed E-state index contributed by atoms with van der Waals surface area (Å²) in [5.74, 6) is 0. The Morgan fingerprint density at radius 2 is 2.10 bits per heavy atom. The first kappa shape index (κ1) is 13.6. The van der Waals surface area contributed by atoms with Gasteiger partial charge in [0.25, 0.3) is 0 Å². The van der Waals surface area contributed by atoms with Crippen LogP contribution in [0.3, 0.4) is 0 Å². The van der Waals surface area contributed by atoms with Crippen molar-refractivity contribution >= 4 is 17.3 Å². The maximum atomic E-state index is 6.13. The number of nitrogens with zero attached hydrogens (tertiary/aromatic N) is 3. The van der Waals surface area contributed by atoms with Crippen LogP contribution in [-0.4, -0.2) is 14.8 Å². The molecule has 0 fully saturated rings. The molecule has 0 aliphatic heterocycles. The number of aromatic nitrogens is 3. The monoisotopic (exact) mass is 298 g/mol. The molecule has 0 spiro atoms. The van der Waals surface area contributed by atoms with Gasteiger partial charge in [0.2, 0.25) is 0 Å². The number of benzene rings is 1. The molecular formula is C16H15ClN4. The van der Waals surface area contributed by atoms with Gasteiger partial charge in [-0.2, -0.15) is 5.10 Å². The van der Waals surface area contributed by atoms with Gasteiger partial charge >= 0.3 is 0 Å². The number of pyridine rings is 1. The zero-order chi connectivity index (χ0) is 14.7. The summed E-state index contributed by atoms with van der Waals surface area (Å²) in [5, 5.41) is 8.44. The highest BCUT2D eigenvalue weighted by Gasteiger charge is 2.10. The van der Waals surface area contributed by atoms with Gasteiger partial charge in [0.1, 0.15) is 0 Å². The van der Waals surface area contributed by atoms with Crippen molar-refractivity contribution in [1.29, 1.82) is 0 Å². The van der Waals surface area contributed by atoms with E-state index in [9.17, 15) is 0 Å². The summed E-state index contributed by atoms with van der Waals surface area (Å²) < 4.78 is 1.81. The number of nitrogens with one attached hydrogen (secondary N) is 1. The third kappa shape index (κ3) is 3.06. The third-order valence-corrected chi connectivity index (χ3v) is 3.50. The fourth-order valence-corrected chi connectivity index (χ4v) is 2.36. The molecule has 3 aromatic rings. The van der Waals surface area contributed by atoms with Crippen molar-refractivity contribution in [1.82, 2.24) is 14.8 Å². The average Bonchev–Trinajstić information content (AvgIpc) is 3.02. The predicted molar refractivity (Wildman–Crippen MR) is 84.8 cm³/mol. The largest absolute Gasteiger partial charge is 0.377 e. The second kappa shape index (κ2) is 5.97. The van der Waals surface area contributed by atoms with Gasteiger partial charge in [-0.15, -0.1) is 0 Å². The zero-order valence-electron chi connectivity index (χ0n) is 11.6. The number of halogens is 1. The van der Waals surface area contributed by atoms with E-state index in [0.717, 1.165) is 16.9 Å². The van der Waals surface area contributed by atoms with Crippen molar-refractivity contribution in [3.05, 3.63) is 71.8 Å². The van der Waals surface area contributed by atoms with Crippen molar-refractivity contribution < 1.29 is 0 Å². The van der Waals surface area contributed by atoms with Crippen molar-refractivity contribution in [3.63, 3.8) is 0 Å². The standard InChI is InChI=1S/C16H15ClN4/c1-12(13-4-2-7-18-11-13)20-15-10-14(17)5-6-16(15)21-9-3-8-19-21/h2-12,20H,1H3. The van der Waals surface area contributed by atoms with E-state index in [1.807, 2.05) is 53.5 Å². The number of hydrogen-bond donors (Lipinski definition) is 1. The Kier molecular flexibility index (Phi) is 3.88. The van der Waals surface area contributed by atoms with Crippen LogP contribution in [0.4, 0.5) is 5.69 Å². The van der Waals surface area contributed by atoms with Gasteiger partial charge in [-0.25, -0.2) is 4.68 Å². The molecule has 0 saturated carbocycles. The lowest BCUT2D eigenvalue weighted by molar-refractivity contribution is 0.849. The van der Waals surface area contributed by atoms with Crippen LogP contribution < -0.4 is 5.32 Å². The molecule has 0 aliphatic rings. The lowest BCUT2D eigenvalue weighted by Gasteiger charge is -2.18. The van der Waals surface area contributed by atoms with Crippen LogP contribution in [0.25, 0.3) is 5.69 Å². The topological polar surface area (TPSA) is 42.7 Å². The number of hydrogen-bond acceptors (Lipinski definition) is 3. The Hall–Kier alpha value is -2.33. The molecule has 0 radical (unpaired) electrons. The molecule has 106 valence electrons. The van der Waals surface area contributed by atoms with Gasteiger partial charge in [0.05, 0.1) is 17.4 Å². The van der Waals surface area contributed by atoms with Crippen LogP contribution in [0, 0.1) is 0 Å². The normalized spacial score (nSPS) is 12.1. The van der Waals surface area contributed by atoms with Crippen LogP contribution in [-0.2, 0) is 0 Å². The first-order chi connectivity index (χ1) is 10.2. The molecule has 5 heteroatoms. The summed E-state index contributed by atoms with van der Waals surface area (Å²) in [4.78, 5) is 4.15. The Bertz CT molecular complexity index is 710. The number of anilines is 1. The van der Waals surface area contributed by atoms with Gasteiger partial charge < -0.3 is 5.32 Å². The molecule has 1 atom stereocenters. The molecule has 0 saturated heterocycles. The molecule has 3 rings (SSSR count). The molecule has 4 nitrogen and oxygen atoms in total. The third-order valence-electron chi connectivity index (χ3n) is 3.27. The molecule has 1 aromatic carbocycles. The summed E-state index contributed by atoms with van der Waals surface area (Å²) in [6.07, 6.45) is 7.28. The minimum Gasteiger partial charge on any atom is -0.377 e. The second-order valence-electron chi connectivity index (χ2n) is 4.76. The summed E-state index contributed by atoms with van der Waals surface area (Å²) in [6, 6.07) is 11.7. The predicted octanol–water partition coefficient (Wildman–Crippen LogP) is 4.09. The van der Waals surface area contributed by atoms with E-state index in [2.05, 4.69) is 22.3 Å². The smallest absolute Gasteiger partial charge is 0.0878 e. The molecule has 2 aromatic heterocycles. The molecule has 1 N–H and O–H groups in total. The first-order valence-electron chi connectivity index (χ1n) is 6.70. The minimum atomic E-state index is 0.117. The summed E-state index contributed by atoms with van der Waals surface area (Å²) in [5.41, 5.74) is 3.01. The molecule has 0 aliphatic carbocycles. The van der Waals surface area contributed by atoms with E-state index in [-0.39, 0.29) is 6.04 Å².